The second-order valence-corrected chi connectivity index (χ2v) is 7.04. The second kappa shape index (κ2) is 7.04. The van der Waals surface area contributed by atoms with Gasteiger partial charge in [0.15, 0.2) is 0 Å². The lowest BCUT2D eigenvalue weighted by molar-refractivity contribution is -0.126. The molecule has 0 N–H and O–H groups in total. The molecule has 1 atom stereocenters. The number of nitrogens with zero attached hydrogens (tertiary/aromatic N) is 1. The van der Waals surface area contributed by atoms with Gasteiger partial charge in [0.1, 0.15) is 5.78 Å². The molecule has 1 heterocycles. The number of Topliss-reactive ketones (excluding diaryl/α,β-unsaturated/α-hetero) is 1. The van der Waals surface area contributed by atoms with Crippen LogP contribution in [0.15, 0.2) is 48.5 Å². The van der Waals surface area contributed by atoms with E-state index in [0.717, 1.165) is 24.2 Å². The Morgan fingerprint density at radius 1 is 0.957 bits per heavy atom. The SMILES string of the molecule is CN1CCC(=O)C(C(c2ccc(Cl)cc2)c2ccc(Cl)cc2)C1. The predicted octanol–water partition coefficient (Wildman–Crippen LogP) is 4.65. The summed E-state index contributed by atoms with van der Waals surface area (Å²) in [7, 11) is 2.07. The predicted molar refractivity (Wildman–Crippen MR) is 95.4 cm³/mol. The summed E-state index contributed by atoms with van der Waals surface area (Å²) in [4.78, 5) is 14.8. The van der Waals surface area contributed by atoms with E-state index in [1.54, 1.807) is 0 Å². The Hall–Kier alpha value is -1.35. The molecule has 2 aromatic carbocycles. The molecule has 3 rings (SSSR count). The van der Waals surface area contributed by atoms with Crippen molar-refractivity contribution in [2.24, 2.45) is 5.92 Å². The fourth-order valence-electron chi connectivity index (χ4n) is 3.30. The van der Waals surface area contributed by atoms with Crippen LogP contribution in [0.3, 0.4) is 0 Å². The number of halogens is 2. The molecule has 0 aromatic heterocycles. The number of piperidine rings is 1. The van der Waals surface area contributed by atoms with E-state index in [4.69, 9.17) is 23.2 Å². The molecule has 2 aromatic rings. The molecule has 1 aliphatic rings. The number of ketones is 1. The van der Waals surface area contributed by atoms with Gasteiger partial charge in [-0.1, -0.05) is 47.5 Å². The maximum atomic E-state index is 12.6. The van der Waals surface area contributed by atoms with Crippen LogP contribution in [0.1, 0.15) is 23.5 Å². The van der Waals surface area contributed by atoms with Gasteiger partial charge in [-0.15, -0.1) is 0 Å². The number of carbonyl (C=O) groups is 1. The lowest BCUT2D eigenvalue weighted by Gasteiger charge is -2.34. The first-order chi connectivity index (χ1) is 11.0. The zero-order chi connectivity index (χ0) is 16.4. The molecule has 2 nitrogen and oxygen atoms in total. The summed E-state index contributed by atoms with van der Waals surface area (Å²) >= 11 is 12.1. The van der Waals surface area contributed by atoms with E-state index in [0.29, 0.717) is 22.2 Å². The third-order valence-electron chi connectivity index (χ3n) is 4.52. The Morgan fingerprint density at radius 3 is 1.91 bits per heavy atom. The number of hydrogen-bond acceptors (Lipinski definition) is 2. The standard InChI is InChI=1S/C19H19Cl2NO/c1-22-11-10-18(23)17(12-22)19(13-2-6-15(20)7-3-13)14-4-8-16(21)9-5-14/h2-9,17,19H,10-12H2,1H3. The highest BCUT2D eigenvalue weighted by atomic mass is 35.5. The largest absolute Gasteiger partial charge is 0.305 e. The fraction of sp³-hybridized carbons (Fsp3) is 0.316. The summed E-state index contributed by atoms with van der Waals surface area (Å²) < 4.78 is 0. The van der Waals surface area contributed by atoms with Crippen LogP contribution in [-0.2, 0) is 4.79 Å². The summed E-state index contributed by atoms with van der Waals surface area (Å²) in [6.45, 7) is 1.61. The molecule has 1 unspecified atom stereocenters. The normalized spacial score (nSPS) is 19.3. The summed E-state index contributed by atoms with van der Waals surface area (Å²) in [6.07, 6.45) is 0.610. The van der Waals surface area contributed by atoms with E-state index < -0.39 is 0 Å². The van der Waals surface area contributed by atoms with Gasteiger partial charge in [-0.25, -0.2) is 0 Å². The average Bonchev–Trinajstić information content (AvgIpc) is 2.54. The molecule has 0 amide bonds. The molecular formula is C19H19Cl2NO. The van der Waals surface area contributed by atoms with E-state index in [9.17, 15) is 4.79 Å². The van der Waals surface area contributed by atoms with E-state index >= 15 is 0 Å². The Kier molecular flexibility index (Phi) is 5.05. The van der Waals surface area contributed by atoms with Crippen molar-refractivity contribution in [3.8, 4) is 0 Å². The van der Waals surface area contributed by atoms with Gasteiger partial charge in [-0.3, -0.25) is 4.79 Å². The first kappa shape index (κ1) is 16.5. The number of hydrogen-bond donors (Lipinski definition) is 0. The van der Waals surface area contributed by atoms with E-state index in [-0.39, 0.29) is 11.8 Å². The molecule has 0 saturated carbocycles. The van der Waals surface area contributed by atoms with Gasteiger partial charge in [-0.05, 0) is 42.4 Å². The Labute approximate surface area is 147 Å². The summed E-state index contributed by atoms with van der Waals surface area (Å²) in [5.74, 6) is 0.314. The van der Waals surface area contributed by atoms with Crippen molar-refractivity contribution >= 4 is 29.0 Å². The quantitative estimate of drug-likeness (QED) is 0.805. The third kappa shape index (κ3) is 3.77. The van der Waals surface area contributed by atoms with Gasteiger partial charge in [-0.2, -0.15) is 0 Å². The lowest BCUT2D eigenvalue weighted by Crippen LogP contribution is -2.41. The summed E-state index contributed by atoms with van der Waals surface area (Å²) in [5, 5.41) is 1.41. The van der Waals surface area contributed by atoms with Crippen molar-refractivity contribution in [2.75, 3.05) is 20.1 Å². The van der Waals surface area contributed by atoms with Gasteiger partial charge >= 0.3 is 0 Å². The van der Waals surface area contributed by atoms with Crippen molar-refractivity contribution in [2.45, 2.75) is 12.3 Å². The summed E-state index contributed by atoms with van der Waals surface area (Å²) in [5.41, 5.74) is 2.23. The Balaban J connectivity index is 2.03. The van der Waals surface area contributed by atoms with Crippen LogP contribution in [0.5, 0.6) is 0 Å². The fourth-order valence-corrected chi connectivity index (χ4v) is 3.56. The highest BCUT2D eigenvalue weighted by Crippen LogP contribution is 2.36. The van der Waals surface area contributed by atoms with Gasteiger partial charge in [0.05, 0.1) is 0 Å². The minimum Gasteiger partial charge on any atom is -0.305 e. The first-order valence-electron chi connectivity index (χ1n) is 7.77. The van der Waals surface area contributed by atoms with E-state index in [2.05, 4.69) is 11.9 Å². The minimum atomic E-state index is -0.0453. The average molecular weight is 348 g/mol. The molecule has 0 bridgehead atoms. The number of rotatable bonds is 3. The van der Waals surface area contributed by atoms with Crippen molar-refractivity contribution in [1.82, 2.24) is 4.90 Å². The molecule has 1 aliphatic heterocycles. The van der Waals surface area contributed by atoms with Crippen LogP contribution in [0, 0.1) is 5.92 Å². The number of benzene rings is 2. The molecule has 120 valence electrons. The van der Waals surface area contributed by atoms with Crippen molar-refractivity contribution in [1.29, 1.82) is 0 Å². The van der Waals surface area contributed by atoms with Crippen LogP contribution in [0.25, 0.3) is 0 Å². The first-order valence-corrected chi connectivity index (χ1v) is 8.52. The van der Waals surface area contributed by atoms with E-state index in [1.807, 2.05) is 48.5 Å². The van der Waals surface area contributed by atoms with Gasteiger partial charge in [0.2, 0.25) is 0 Å². The maximum absolute atomic E-state index is 12.6. The molecule has 0 spiro atoms. The lowest BCUT2D eigenvalue weighted by atomic mass is 9.76. The molecule has 23 heavy (non-hydrogen) atoms. The number of likely N-dealkylation sites (tertiary alicyclic amines) is 1. The molecule has 4 heteroatoms. The highest BCUT2D eigenvalue weighted by Gasteiger charge is 2.34. The monoisotopic (exact) mass is 347 g/mol. The Bertz CT molecular complexity index is 636. The van der Waals surface area contributed by atoms with Crippen molar-refractivity contribution in [3.63, 3.8) is 0 Å². The highest BCUT2D eigenvalue weighted by molar-refractivity contribution is 6.30. The smallest absolute Gasteiger partial charge is 0.139 e. The van der Waals surface area contributed by atoms with Gasteiger partial charge in [0.25, 0.3) is 0 Å². The topological polar surface area (TPSA) is 20.3 Å². The molecule has 0 aliphatic carbocycles. The Morgan fingerprint density at radius 2 is 1.43 bits per heavy atom. The van der Waals surface area contributed by atoms with Crippen LogP contribution in [-0.4, -0.2) is 30.8 Å². The van der Waals surface area contributed by atoms with Crippen molar-refractivity contribution in [3.05, 3.63) is 69.7 Å². The second-order valence-electron chi connectivity index (χ2n) is 6.17. The van der Waals surface area contributed by atoms with Crippen LogP contribution < -0.4 is 0 Å². The third-order valence-corrected chi connectivity index (χ3v) is 5.03. The molecular weight excluding hydrogens is 329 g/mol. The maximum Gasteiger partial charge on any atom is 0.139 e. The zero-order valence-electron chi connectivity index (χ0n) is 13.0. The van der Waals surface area contributed by atoms with Crippen LogP contribution >= 0.6 is 23.2 Å². The van der Waals surface area contributed by atoms with E-state index in [1.165, 1.54) is 0 Å². The van der Waals surface area contributed by atoms with Crippen LogP contribution in [0.2, 0.25) is 10.0 Å². The summed E-state index contributed by atoms with van der Waals surface area (Å²) in [6, 6.07) is 15.6. The zero-order valence-corrected chi connectivity index (χ0v) is 14.5. The molecule has 1 fully saturated rings. The van der Waals surface area contributed by atoms with Crippen molar-refractivity contribution < 1.29 is 4.79 Å². The molecule has 1 saturated heterocycles. The van der Waals surface area contributed by atoms with Crippen LogP contribution in [0.4, 0.5) is 0 Å². The molecule has 0 radical (unpaired) electrons. The van der Waals surface area contributed by atoms with Gasteiger partial charge < -0.3 is 4.90 Å². The van der Waals surface area contributed by atoms with Gasteiger partial charge in [0, 0.05) is 41.4 Å². The number of carbonyl (C=O) groups excluding carboxylic acids is 1. The minimum absolute atomic E-state index is 0.0276.